The average molecular weight is 525 g/mol. The third-order valence-electron chi connectivity index (χ3n) is 6.15. The van der Waals surface area contributed by atoms with Gasteiger partial charge in [-0.25, -0.2) is 4.98 Å². The van der Waals surface area contributed by atoms with Gasteiger partial charge in [0.25, 0.3) is 0 Å². The molecule has 0 unspecified atom stereocenters. The fourth-order valence-corrected chi connectivity index (χ4v) is 6.70. The number of halogens is 3. The Hall–Kier alpha value is -3.64. The van der Waals surface area contributed by atoms with E-state index in [9.17, 15) is 17.7 Å². The Morgan fingerprint density at radius 1 is 0.811 bits per heavy atom. The van der Waals surface area contributed by atoms with E-state index in [1.807, 2.05) is 74.5 Å². The van der Waals surface area contributed by atoms with E-state index in [0.29, 0.717) is 34.4 Å². The minimum Gasteiger partial charge on any atom is -0.367 e. The fourth-order valence-electron chi connectivity index (χ4n) is 4.05. The monoisotopic (exact) mass is 524 g/mol. The molecule has 1 heterocycles. The van der Waals surface area contributed by atoms with Crippen molar-refractivity contribution < 1.29 is 17.7 Å². The van der Waals surface area contributed by atoms with Crippen molar-refractivity contribution in [3.63, 3.8) is 0 Å². The van der Waals surface area contributed by atoms with Gasteiger partial charge in [-0.3, -0.25) is 0 Å². The number of anilines is 3. The van der Waals surface area contributed by atoms with Crippen molar-refractivity contribution in [2.45, 2.75) is 38.9 Å². The van der Waals surface area contributed by atoms with Crippen molar-refractivity contribution in [2.75, 3.05) is 10.6 Å². The van der Waals surface area contributed by atoms with Crippen molar-refractivity contribution >= 4 is 40.5 Å². The first-order valence-electron chi connectivity index (χ1n) is 12.1. The van der Waals surface area contributed by atoms with Crippen LogP contribution in [0.3, 0.4) is 0 Å². The number of rotatable bonds is 9. The van der Waals surface area contributed by atoms with Gasteiger partial charge in [0.15, 0.2) is 7.14 Å². The molecule has 5 nitrogen and oxygen atoms in total. The van der Waals surface area contributed by atoms with Gasteiger partial charge in [0.2, 0.25) is 5.95 Å². The van der Waals surface area contributed by atoms with Crippen molar-refractivity contribution in [2.24, 2.45) is 0 Å². The third-order valence-corrected chi connectivity index (χ3v) is 9.22. The van der Waals surface area contributed by atoms with Crippen LogP contribution < -0.4 is 26.5 Å². The maximum Gasteiger partial charge on any atom is 0.421 e. The molecular weight excluding hydrogens is 496 g/mol. The second-order valence-electron chi connectivity index (χ2n) is 8.56. The first-order valence-corrected chi connectivity index (χ1v) is 13.8. The zero-order valence-electron chi connectivity index (χ0n) is 20.5. The summed E-state index contributed by atoms with van der Waals surface area (Å²) < 4.78 is 55.1. The molecule has 4 rings (SSSR count). The third kappa shape index (κ3) is 5.86. The quantitative estimate of drug-likeness (QED) is 0.246. The van der Waals surface area contributed by atoms with Gasteiger partial charge in [-0.1, -0.05) is 74.5 Å². The molecule has 0 saturated heterocycles. The highest BCUT2D eigenvalue weighted by Gasteiger charge is 2.36. The number of nitrogens with one attached hydrogen (secondary N) is 2. The lowest BCUT2D eigenvalue weighted by atomic mass is 10.1. The van der Waals surface area contributed by atoms with Crippen LogP contribution in [0.1, 0.15) is 32.3 Å². The van der Waals surface area contributed by atoms with E-state index in [1.54, 1.807) is 24.3 Å². The molecule has 0 fully saturated rings. The SMILES string of the molecule is CCC(CC)Nc1nc(Nc2ccc(P(=O)(c3ccccc3)c3ccccc3)cc2)ncc1C(F)(F)F. The van der Waals surface area contributed by atoms with E-state index in [0.717, 1.165) is 6.20 Å². The number of alkyl halides is 3. The van der Waals surface area contributed by atoms with Crippen molar-refractivity contribution in [3.05, 3.63) is 96.7 Å². The minimum atomic E-state index is -4.58. The van der Waals surface area contributed by atoms with Crippen molar-refractivity contribution in [1.82, 2.24) is 9.97 Å². The highest BCUT2D eigenvalue weighted by atomic mass is 31.2. The van der Waals surface area contributed by atoms with Crippen molar-refractivity contribution in [3.8, 4) is 0 Å². The average Bonchev–Trinajstić information content (AvgIpc) is 2.92. The molecule has 0 spiro atoms. The number of hydrogen-bond donors (Lipinski definition) is 2. The van der Waals surface area contributed by atoms with Gasteiger partial charge >= 0.3 is 6.18 Å². The van der Waals surface area contributed by atoms with Crippen LogP contribution in [0.2, 0.25) is 0 Å². The van der Waals surface area contributed by atoms with Gasteiger partial charge in [-0.05, 0) is 37.1 Å². The van der Waals surface area contributed by atoms with Gasteiger partial charge in [-0.2, -0.15) is 18.2 Å². The predicted molar refractivity (Wildman–Crippen MR) is 144 cm³/mol. The van der Waals surface area contributed by atoms with E-state index >= 15 is 0 Å². The molecule has 2 N–H and O–H groups in total. The molecule has 1 aromatic heterocycles. The molecule has 0 atom stereocenters. The number of nitrogens with zero attached hydrogens (tertiary/aromatic N) is 2. The lowest BCUT2D eigenvalue weighted by Crippen LogP contribution is -2.24. The van der Waals surface area contributed by atoms with Gasteiger partial charge < -0.3 is 15.2 Å². The molecule has 0 bridgehead atoms. The number of benzene rings is 3. The Bertz CT molecular complexity index is 1320. The number of hydrogen-bond acceptors (Lipinski definition) is 5. The van der Waals surface area contributed by atoms with Crippen LogP contribution in [0.5, 0.6) is 0 Å². The molecule has 3 aromatic carbocycles. The maximum atomic E-state index is 14.5. The predicted octanol–water partition coefficient (Wildman–Crippen LogP) is 6.48. The zero-order chi connectivity index (χ0) is 26.5. The van der Waals surface area contributed by atoms with Gasteiger partial charge in [0, 0.05) is 33.8 Å². The van der Waals surface area contributed by atoms with Crippen LogP contribution in [-0.2, 0) is 10.7 Å². The first-order chi connectivity index (χ1) is 17.8. The number of aromatic nitrogens is 2. The summed E-state index contributed by atoms with van der Waals surface area (Å²) in [7, 11) is -3.13. The summed E-state index contributed by atoms with van der Waals surface area (Å²) in [5.41, 5.74) is -0.350. The Morgan fingerprint density at radius 2 is 1.32 bits per heavy atom. The first kappa shape index (κ1) is 26.4. The largest absolute Gasteiger partial charge is 0.421 e. The topological polar surface area (TPSA) is 66.9 Å². The zero-order valence-corrected chi connectivity index (χ0v) is 21.4. The van der Waals surface area contributed by atoms with Gasteiger partial charge in [-0.15, -0.1) is 0 Å². The summed E-state index contributed by atoms with van der Waals surface area (Å²) in [6.45, 7) is 3.81. The van der Waals surface area contributed by atoms with Crippen LogP contribution in [0.4, 0.5) is 30.6 Å². The van der Waals surface area contributed by atoms with E-state index in [4.69, 9.17) is 0 Å². The molecule has 9 heteroatoms. The normalized spacial score (nSPS) is 11.9. The highest BCUT2D eigenvalue weighted by Crippen LogP contribution is 2.42. The molecule has 0 aliphatic heterocycles. The fraction of sp³-hybridized carbons (Fsp3) is 0.214. The summed E-state index contributed by atoms with van der Waals surface area (Å²) in [5, 5.41) is 7.93. The van der Waals surface area contributed by atoms with E-state index < -0.39 is 18.9 Å². The minimum absolute atomic E-state index is 0.0310. The molecule has 0 amide bonds. The van der Waals surface area contributed by atoms with Crippen LogP contribution in [-0.4, -0.2) is 16.0 Å². The standard InChI is InChI=1S/C28H28F3N4OP/c1-3-20(4-2)33-26-25(28(29,30)31)19-32-27(35-26)34-21-15-17-24(18-16-21)37(36,22-11-7-5-8-12-22)23-13-9-6-10-14-23/h5-20H,3-4H2,1-2H3,(H2,32,33,34,35). The van der Waals surface area contributed by atoms with E-state index in [2.05, 4.69) is 20.6 Å². The van der Waals surface area contributed by atoms with E-state index in [-0.39, 0.29) is 17.8 Å². The van der Waals surface area contributed by atoms with Crippen LogP contribution in [0, 0.1) is 0 Å². The van der Waals surface area contributed by atoms with Crippen LogP contribution >= 0.6 is 7.14 Å². The molecule has 4 aromatic rings. The molecule has 0 saturated carbocycles. The molecule has 0 aliphatic rings. The van der Waals surface area contributed by atoms with Crippen LogP contribution in [0.15, 0.2) is 91.1 Å². The maximum absolute atomic E-state index is 14.5. The second kappa shape index (κ2) is 11.2. The van der Waals surface area contributed by atoms with E-state index in [1.165, 1.54) is 0 Å². The summed E-state index contributed by atoms with van der Waals surface area (Å²) in [4.78, 5) is 8.02. The summed E-state index contributed by atoms with van der Waals surface area (Å²) >= 11 is 0. The Labute approximate surface area is 214 Å². The summed E-state index contributed by atoms with van der Waals surface area (Å²) in [6, 6.07) is 25.4. The lowest BCUT2D eigenvalue weighted by Gasteiger charge is -2.21. The Morgan fingerprint density at radius 3 is 1.81 bits per heavy atom. The van der Waals surface area contributed by atoms with Gasteiger partial charge in [0.05, 0.1) is 0 Å². The smallest absolute Gasteiger partial charge is 0.367 e. The molecule has 0 aliphatic carbocycles. The lowest BCUT2D eigenvalue weighted by molar-refractivity contribution is -0.137. The second-order valence-corrected chi connectivity index (χ2v) is 11.3. The summed E-state index contributed by atoms with van der Waals surface area (Å²) in [5.74, 6) is -0.225. The Kier molecular flexibility index (Phi) is 7.98. The highest BCUT2D eigenvalue weighted by molar-refractivity contribution is 7.85. The molecular formula is C28H28F3N4OP. The van der Waals surface area contributed by atoms with Crippen molar-refractivity contribution in [1.29, 1.82) is 0 Å². The molecule has 0 radical (unpaired) electrons. The molecule has 37 heavy (non-hydrogen) atoms. The van der Waals surface area contributed by atoms with Crippen LogP contribution in [0.25, 0.3) is 0 Å². The molecule has 192 valence electrons. The Balaban J connectivity index is 1.65. The van der Waals surface area contributed by atoms with Gasteiger partial charge in [0.1, 0.15) is 11.4 Å². The summed E-state index contributed by atoms with van der Waals surface area (Å²) in [6.07, 6.45) is -2.48.